The van der Waals surface area contributed by atoms with Gasteiger partial charge >= 0.3 is 0 Å². The molecule has 2 rings (SSSR count). The molecule has 2 unspecified atom stereocenters. The highest BCUT2D eigenvalue weighted by Crippen LogP contribution is 2.32. The molecule has 0 bridgehead atoms. The Morgan fingerprint density at radius 2 is 1.85 bits per heavy atom. The third-order valence-electron chi connectivity index (χ3n) is 4.42. The molecule has 1 aliphatic heterocycles. The normalized spacial score (nSPS) is 22.9. The molecule has 1 aromatic rings. The van der Waals surface area contributed by atoms with Crippen molar-refractivity contribution in [1.29, 1.82) is 0 Å². The molecule has 3 heteroatoms. The molecule has 3 nitrogen and oxygen atoms in total. The second-order valence-corrected chi connectivity index (χ2v) is 5.60. The van der Waals surface area contributed by atoms with E-state index in [9.17, 15) is 4.79 Å². The number of carbonyl (C=O) groups excluding carboxylic acids is 1. The smallest absolute Gasteiger partial charge is 0.241 e. The van der Waals surface area contributed by atoms with Gasteiger partial charge in [-0.25, -0.2) is 0 Å². The van der Waals surface area contributed by atoms with E-state index in [1.807, 2.05) is 6.07 Å². The largest absolute Gasteiger partial charge is 0.319 e. The lowest BCUT2D eigenvalue weighted by atomic mass is 10.0. The summed E-state index contributed by atoms with van der Waals surface area (Å²) in [6.45, 7) is 8.51. The summed E-state index contributed by atoms with van der Waals surface area (Å²) in [5, 5.41) is 3.52. The summed E-state index contributed by atoms with van der Waals surface area (Å²) >= 11 is 0. The molecule has 0 aliphatic carbocycles. The third kappa shape index (κ3) is 2.59. The summed E-state index contributed by atoms with van der Waals surface area (Å²) in [5.41, 5.74) is 2.47. The lowest BCUT2D eigenvalue weighted by Gasteiger charge is -2.32. The molecule has 1 heterocycles. The Labute approximate surface area is 122 Å². The number of nitrogens with one attached hydrogen (secondary N) is 1. The van der Waals surface area contributed by atoms with Crippen LogP contribution in [0, 0.1) is 6.92 Å². The van der Waals surface area contributed by atoms with Crippen LogP contribution in [0.1, 0.15) is 57.3 Å². The van der Waals surface area contributed by atoms with Gasteiger partial charge in [-0.3, -0.25) is 10.1 Å². The van der Waals surface area contributed by atoms with Gasteiger partial charge in [-0.2, -0.15) is 0 Å². The highest BCUT2D eigenvalue weighted by molar-refractivity contribution is 5.85. The summed E-state index contributed by atoms with van der Waals surface area (Å²) in [6, 6.07) is 8.63. The monoisotopic (exact) mass is 274 g/mol. The first-order valence-corrected chi connectivity index (χ1v) is 7.77. The van der Waals surface area contributed by atoms with Crippen molar-refractivity contribution >= 4 is 5.91 Å². The number of nitrogens with zero attached hydrogens (tertiary/aromatic N) is 1. The summed E-state index contributed by atoms with van der Waals surface area (Å²) in [4.78, 5) is 14.7. The van der Waals surface area contributed by atoms with Gasteiger partial charge in [0.2, 0.25) is 5.91 Å². The van der Waals surface area contributed by atoms with Crippen LogP contribution in [0.5, 0.6) is 0 Å². The van der Waals surface area contributed by atoms with Crippen molar-refractivity contribution in [3.8, 4) is 0 Å². The molecular weight excluding hydrogens is 248 g/mol. The number of hydrogen-bond donors (Lipinski definition) is 1. The summed E-state index contributed by atoms with van der Waals surface area (Å²) in [7, 11) is 0. The van der Waals surface area contributed by atoms with Gasteiger partial charge in [0.1, 0.15) is 6.17 Å². The maximum Gasteiger partial charge on any atom is 0.241 e. The fourth-order valence-electron chi connectivity index (χ4n) is 3.15. The predicted octanol–water partition coefficient (Wildman–Crippen LogP) is 3.39. The van der Waals surface area contributed by atoms with E-state index in [1.165, 1.54) is 11.1 Å². The van der Waals surface area contributed by atoms with Crippen LogP contribution in [0.3, 0.4) is 0 Å². The van der Waals surface area contributed by atoms with Crippen molar-refractivity contribution in [2.75, 3.05) is 0 Å². The number of amides is 1. The average molecular weight is 274 g/mol. The molecule has 0 spiro atoms. The van der Waals surface area contributed by atoms with Crippen LogP contribution < -0.4 is 5.32 Å². The second kappa shape index (κ2) is 6.40. The number of rotatable bonds is 5. The van der Waals surface area contributed by atoms with E-state index in [0.29, 0.717) is 6.04 Å². The zero-order valence-electron chi connectivity index (χ0n) is 13.0. The van der Waals surface area contributed by atoms with Gasteiger partial charge in [0.05, 0.1) is 6.04 Å². The third-order valence-corrected chi connectivity index (χ3v) is 4.42. The zero-order valence-corrected chi connectivity index (χ0v) is 13.0. The molecule has 0 aromatic heterocycles. The molecule has 0 saturated carbocycles. The van der Waals surface area contributed by atoms with Crippen molar-refractivity contribution in [3.63, 3.8) is 0 Å². The Hall–Kier alpha value is -1.35. The average Bonchev–Trinajstić information content (AvgIpc) is 2.78. The number of carbonyl (C=O) groups is 1. The molecule has 110 valence electrons. The van der Waals surface area contributed by atoms with E-state index in [-0.39, 0.29) is 18.1 Å². The maximum absolute atomic E-state index is 12.7. The minimum absolute atomic E-state index is 0.0264. The molecular formula is C17H26N2O. The molecule has 1 aromatic carbocycles. The summed E-state index contributed by atoms with van der Waals surface area (Å²) < 4.78 is 0. The van der Waals surface area contributed by atoms with Gasteiger partial charge in [0.25, 0.3) is 0 Å². The van der Waals surface area contributed by atoms with Gasteiger partial charge in [-0.1, -0.05) is 45.0 Å². The lowest BCUT2D eigenvalue weighted by Crippen LogP contribution is -2.39. The fraction of sp³-hybridized carbons (Fsp3) is 0.588. The number of hydrogen-bond acceptors (Lipinski definition) is 2. The Morgan fingerprint density at radius 1 is 1.20 bits per heavy atom. The highest BCUT2D eigenvalue weighted by atomic mass is 16.2. The van der Waals surface area contributed by atoms with E-state index >= 15 is 0 Å². The van der Waals surface area contributed by atoms with Gasteiger partial charge in [-0.05, 0) is 37.3 Å². The van der Waals surface area contributed by atoms with Crippen LogP contribution in [-0.4, -0.2) is 22.9 Å². The van der Waals surface area contributed by atoms with E-state index < -0.39 is 0 Å². The molecule has 20 heavy (non-hydrogen) atoms. The molecule has 1 saturated heterocycles. The maximum atomic E-state index is 12.7. The van der Waals surface area contributed by atoms with Crippen molar-refractivity contribution in [2.24, 2.45) is 0 Å². The highest BCUT2D eigenvalue weighted by Gasteiger charge is 2.41. The summed E-state index contributed by atoms with van der Waals surface area (Å²) in [5.74, 6) is 0.259. The number of benzene rings is 1. The van der Waals surface area contributed by atoms with Crippen LogP contribution >= 0.6 is 0 Å². The Balaban J connectivity index is 2.38. The zero-order chi connectivity index (χ0) is 14.7. The summed E-state index contributed by atoms with van der Waals surface area (Å²) in [6.07, 6.45) is 2.88. The SMILES string of the molecule is CCC1NC(c2ccccc2C)N(C(CC)CC)C1=O. The van der Waals surface area contributed by atoms with Crippen LogP contribution in [0.25, 0.3) is 0 Å². The molecule has 1 N–H and O–H groups in total. The minimum Gasteiger partial charge on any atom is -0.319 e. The standard InChI is InChI=1S/C17H26N2O/c1-5-13(6-2)19-16(18-15(7-3)17(19)20)14-11-9-8-10-12(14)4/h8-11,13,15-16,18H,5-7H2,1-4H3. The van der Waals surface area contributed by atoms with Gasteiger partial charge < -0.3 is 4.90 Å². The van der Waals surface area contributed by atoms with Crippen LogP contribution in [0.4, 0.5) is 0 Å². The van der Waals surface area contributed by atoms with Crippen molar-refractivity contribution in [2.45, 2.75) is 65.2 Å². The Kier molecular flexibility index (Phi) is 4.81. The molecule has 1 fully saturated rings. The predicted molar refractivity (Wildman–Crippen MR) is 82.4 cm³/mol. The number of aryl methyl sites for hydroxylation is 1. The van der Waals surface area contributed by atoms with E-state index in [0.717, 1.165) is 19.3 Å². The van der Waals surface area contributed by atoms with Crippen molar-refractivity contribution in [3.05, 3.63) is 35.4 Å². The van der Waals surface area contributed by atoms with Crippen molar-refractivity contribution < 1.29 is 4.79 Å². The van der Waals surface area contributed by atoms with Crippen LogP contribution in [0.2, 0.25) is 0 Å². The Bertz CT molecular complexity index is 468. The molecule has 0 radical (unpaired) electrons. The van der Waals surface area contributed by atoms with Gasteiger partial charge in [-0.15, -0.1) is 0 Å². The van der Waals surface area contributed by atoms with Gasteiger partial charge in [0, 0.05) is 6.04 Å². The van der Waals surface area contributed by atoms with Crippen LogP contribution in [0.15, 0.2) is 24.3 Å². The quantitative estimate of drug-likeness (QED) is 0.892. The molecule has 1 amide bonds. The van der Waals surface area contributed by atoms with Crippen molar-refractivity contribution in [1.82, 2.24) is 10.2 Å². The first kappa shape index (κ1) is 15.0. The van der Waals surface area contributed by atoms with E-state index in [1.54, 1.807) is 0 Å². The lowest BCUT2D eigenvalue weighted by molar-refractivity contribution is -0.132. The Morgan fingerprint density at radius 3 is 2.40 bits per heavy atom. The van der Waals surface area contributed by atoms with Crippen LogP contribution in [-0.2, 0) is 4.79 Å². The topological polar surface area (TPSA) is 32.3 Å². The fourth-order valence-corrected chi connectivity index (χ4v) is 3.15. The van der Waals surface area contributed by atoms with E-state index in [2.05, 4.69) is 56.1 Å². The molecule has 1 aliphatic rings. The first-order valence-electron chi connectivity index (χ1n) is 7.77. The van der Waals surface area contributed by atoms with E-state index in [4.69, 9.17) is 0 Å². The first-order chi connectivity index (χ1) is 9.63. The minimum atomic E-state index is -0.0415. The van der Waals surface area contributed by atoms with Gasteiger partial charge in [0.15, 0.2) is 0 Å². The second-order valence-electron chi connectivity index (χ2n) is 5.60. The molecule has 2 atom stereocenters.